The molecule has 84 valence electrons. The van der Waals surface area contributed by atoms with Crippen molar-refractivity contribution >= 4 is 0 Å². The fraction of sp³-hybridized carbons (Fsp3) is 0.750. The predicted molar refractivity (Wildman–Crippen MR) is 61.9 cm³/mol. The maximum atomic E-state index is 4.56. The Labute approximate surface area is 91.9 Å². The first-order chi connectivity index (χ1) is 7.36. The highest BCUT2D eigenvalue weighted by atomic mass is 15.3. The highest BCUT2D eigenvalue weighted by molar-refractivity contribution is 5.18. The molecule has 0 saturated heterocycles. The van der Waals surface area contributed by atoms with E-state index in [-0.39, 0.29) is 0 Å². The molecule has 1 fully saturated rings. The molecule has 0 spiro atoms. The Balaban J connectivity index is 2.22. The highest BCUT2D eigenvalue weighted by Gasteiger charge is 2.20. The van der Waals surface area contributed by atoms with Gasteiger partial charge in [-0.2, -0.15) is 5.10 Å². The van der Waals surface area contributed by atoms with Crippen molar-refractivity contribution in [3.8, 4) is 0 Å². The van der Waals surface area contributed by atoms with Gasteiger partial charge < -0.3 is 5.32 Å². The van der Waals surface area contributed by atoms with Crippen molar-refractivity contribution in [1.29, 1.82) is 0 Å². The quantitative estimate of drug-likeness (QED) is 0.821. The largest absolute Gasteiger partial charge is 0.316 e. The molecule has 3 heteroatoms. The third-order valence-corrected chi connectivity index (χ3v) is 3.36. The number of rotatable bonds is 4. The molecule has 1 heterocycles. The summed E-state index contributed by atoms with van der Waals surface area (Å²) in [5.74, 6) is 0. The van der Waals surface area contributed by atoms with Gasteiger partial charge in [-0.25, -0.2) is 0 Å². The number of nitrogens with zero attached hydrogens (tertiary/aromatic N) is 2. The van der Waals surface area contributed by atoms with Crippen LogP contribution in [0, 0.1) is 0 Å². The molecule has 0 amide bonds. The lowest BCUT2D eigenvalue weighted by Crippen LogP contribution is -2.12. The fourth-order valence-electron chi connectivity index (χ4n) is 2.61. The van der Waals surface area contributed by atoms with E-state index in [1.54, 1.807) is 0 Å². The molecule has 15 heavy (non-hydrogen) atoms. The Morgan fingerprint density at radius 1 is 1.47 bits per heavy atom. The average Bonchev–Trinajstić information content (AvgIpc) is 2.85. The zero-order valence-corrected chi connectivity index (χ0v) is 9.79. The van der Waals surface area contributed by atoms with Crippen molar-refractivity contribution in [3.63, 3.8) is 0 Å². The summed E-state index contributed by atoms with van der Waals surface area (Å²) in [6.07, 6.45) is 8.49. The van der Waals surface area contributed by atoms with Gasteiger partial charge in [-0.15, -0.1) is 0 Å². The Morgan fingerprint density at radius 2 is 2.20 bits per heavy atom. The first-order valence-corrected chi connectivity index (χ1v) is 6.06. The second-order valence-electron chi connectivity index (χ2n) is 4.38. The van der Waals surface area contributed by atoms with Crippen LogP contribution >= 0.6 is 0 Å². The zero-order chi connectivity index (χ0) is 10.7. The second-order valence-corrected chi connectivity index (χ2v) is 4.38. The number of hydrogen-bond donors (Lipinski definition) is 1. The molecule has 2 rings (SSSR count). The van der Waals surface area contributed by atoms with Gasteiger partial charge in [0.25, 0.3) is 0 Å². The molecule has 1 N–H and O–H groups in total. The fourth-order valence-corrected chi connectivity index (χ4v) is 2.61. The average molecular weight is 207 g/mol. The van der Waals surface area contributed by atoms with Crippen LogP contribution in [0.1, 0.15) is 49.9 Å². The third-order valence-electron chi connectivity index (χ3n) is 3.36. The zero-order valence-electron chi connectivity index (χ0n) is 9.79. The van der Waals surface area contributed by atoms with Crippen LogP contribution in [-0.2, 0) is 13.0 Å². The van der Waals surface area contributed by atoms with Crippen LogP contribution in [0.15, 0.2) is 6.20 Å². The molecular weight excluding hydrogens is 186 g/mol. The molecule has 1 aromatic rings. The first-order valence-electron chi connectivity index (χ1n) is 6.06. The van der Waals surface area contributed by atoms with Gasteiger partial charge in [0, 0.05) is 17.8 Å². The smallest absolute Gasteiger partial charge is 0.0537 e. The van der Waals surface area contributed by atoms with E-state index < -0.39 is 0 Å². The monoisotopic (exact) mass is 207 g/mol. The summed E-state index contributed by atoms with van der Waals surface area (Å²) in [4.78, 5) is 0. The van der Waals surface area contributed by atoms with Crippen LogP contribution in [-0.4, -0.2) is 16.8 Å². The maximum absolute atomic E-state index is 4.56. The molecule has 0 aromatic carbocycles. The molecular formula is C12H21N3. The minimum absolute atomic E-state index is 0.672. The van der Waals surface area contributed by atoms with Crippen molar-refractivity contribution in [2.45, 2.75) is 51.6 Å². The summed E-state index contributed by atoms with van der Waals surface area (Å²) in [6, 6.07) is 0.672. The summed E-state index contributed by atoms with van der Waals surface area (Å²) in [7, 11) is 1.99. The molecule has 1 aromatic heterocycles. The Kier molecular flexibility index (Phi) is 3.41. The van der Waals surface area contributed by atoms with Crippen molar-refractivity contribution in [1.82, 2.24) is 15.1 Å². The number of hydrogen-bond acceptors (Lipinski definition) is 2. The van der Waals surface area contributed by atoms with Gasteiger partial charge in [0.1, 0.15) is 0 Å². The van der Waals surface area contributed by atoms with E-state index >= 15 is 0 Å². The molecule has 1 aliphatic carbocycles. The van der Waals surface area contributed by atoms with Crippen molar-refractivity contribution < 1.29 is 0 Å². The van der Waals surface area contributed by atoms with Crippen molar-refractivity contribution in [2.24, 2.45) is 0 Å². The van der Waals surface area contributed by atoms with Gasteiger partial charge in [-0.05, 0) is 26.3 Å². The van der Waals surface area contributed by atoms with E-state index in [0.29, 0.717) is 6.04 Å². The van der Waals surface area contributed by atoms with Gasteiger partial charge in [0.05, 0.1) is 12.2 Å². The predicted octanol–water partition coefficient (Wildman–Crippen LogP) is 2.28. The third kappa shape index (κ3) is 2.07. The summed E-state index contributed by atoms with van der Waals surface area (Å²) in [5, 5.41) is 7.77. The summed E-state index contributed by atoms with van der Waals surface area (Å²) in [6.45, 7) is 3.16. The maximum Gasteiger partial charge on any atom is 0.0537 e. The lowest BCUT2D eigenvalue weighted by atomic mass is 10.2. The molecule has 1 saturated carbocycles. The minimum Gasteiger partial charge on any atom is -0.316 e. The normalized spacial score (nSPS) is 17.5. The van der Waals surface area contributed by atoms with Crippen LogP contribution in [0.5, 0.6) is 0 Å². The van der Waals surface area contributed by atoms with Gasteiger partial charge >= 0.3 is 0 Å². The van der Waals surface area contributed by atoms with Crippen LogP contribution < -0.4 is 5.32 Å². The van der Waals surface area contributed by atoms with E-state index in [9.17, 15) is 0 Å². The molecule has 0 atom stereocenters. The van der Waals surface area contributed by atoms with E-state index in [4.69, 9.17) is 0 Å². The molecule has 0 aliphatic heterocycles. The summed E-state index contributed by atoms with van der Waals surface area (Å²) in [5.41, 5.74) is 2.79. The van der Waals surface area contributed by atoms with E-state index in [2.05, 4.69) is 22.0 Å². The number of nitrogens with one attached hydrogen (secondary N) is 1. The van der Waals surface area contributed by atoms with E-state index in [0.717, 1.165) is 13.0 Å². The summed E-state index contributed by atoms with van der Waals surface area (Å²) < 4.78 is 2.28. The van der Waals surface area contributed by atoms with Gasteiger partial charge in [0.15, 0.2) is 0 Å². The first kappa shape index (κ1) is 10.7. The summed E-state index contributed by atoms with van der Waals surface area (Å²) >= 11 is 0. The molecule has 0 bridgehead atoms. The Hall–Kier alpha value is -0.830. The van der Waals surface area contributed by atoms with Gasteiger partial charge in [-0.1, -0.05) is 19.8 Å². The standard InChI is InChI=1S/C12H21N3/c1-3-12-10(8-13-2)9-14-15(12)11-6-4-5-7-11/h9,11,13H,3-8H2,1-2H3. The van der Waals surface area contributed by atoms with Crippen LogP contribution in [0.2, 0.25) is 0 Å². The van der Waals surface area contributed by atoms with Crippen molar-refractivity contribution in [2.75, 3.05) is 7.05 Å². The second kappa shape index (κ2) is 4.79. The molecule has 0 unspecified atom stereocenters. The van der Waals surface area contributed by atoms with Crippen LogP contribution in [0.25, 0.3) is 0 Å². The lowest BCUT2D eigenvalue weighted by Gasteiger charge is -2.14. The lowest BCUT2D eigenvalue weighted by molar-refractivity contribution is 0.450. The molecule has 0 radical (unpaired) electrons. The molecule has 3 nitrogen and oxygen atoms in total. The van der Waals surface area contributed by atoms with Crippen LogP contribution in [0.4, 0.5) is 0 Å². The van der Waals surface area contributed by atoms with Gasteiger partial charge in [0.2, 0.25) is 0 Å². The Morgan fingerprint density at radius 3 is 2.80 bits per heavy atom. The van der Waals surface area contributed by atoms with Crippen molar-refractivity contribution in [3.05, 3.63) is 17.5 Å². The SMILES string of the molecule is CCc1c(CNC)cnn1C1CCCC1. The highest BCUT2D eigenvalue weighted by Crippen LogP contribution is 2.30. The van der Waals surface area contributed by atoms with Gasteiger partial charge in [-0.3, -0.25) is 4.68 Å². The van der Waals surface area contributed by atoms with E-state index in [1.165, 1.54) is 36.9 Å². The topological polar surface area (TPSA) is 29.9 Å². The minimum atomic E-state index is 0.672. The number of aromatic nitrogens is 2. The van der Waals surface area contributed by atoms with E-state index in [1.807, 2.05) is 13.2 Å². The molecule has 1 aliphatic rings. The van der Waals surface area contributed by atoms with Crippen LogP contribution in [0.3, 0.4) is 0 Å². The Bertz CT molecular complexity index is 311.